The molecule has 3 aliphatic heterocycles. The number of nitrogens with zero attached hydrogens (tertiary/aromatic N) is 2. The lowest BCUT2D eigenvalue weighted by atomic mass is 9.65. The zero-order valence-electron chi connectivity index (χ0n) is 14.2. The summed E-state index contributed by atoms with van der Waals surface area (Å²) in [6.07, 6.45) is 4.84. The Morgan fingerprint density at radius 1 is 0.880 bits per heavy atom. The minimum absolute atomic E-state index is 0. The highest BCUT2D eigenvalue weighted by atomic mass is 35.5. The second kappa shape index (κ2) is 7.53. The molecule has 4 heterocycles. The van der Waals surface area contributed by atoms with E-state index in [1.165, 1.54) is 43.7 Å². The van der Waals surface area contributed by atoms with Crippen LogP contribution in [0, 0.1) is 17.8 Å². The third kappa shape index (κ3) is 3.51. The molecule has 3 saturated heterocycles. The lowest BCUT2D eigenvalue weighted by Gasteiger charge is -2.56. The number of pyridine rings is 1. The predicted octanol–water partition coefficient (Wildman–Crippen LogP) is 4.34. The molecule has 1 aliphatic carbocycles. The Labute approximate surface area is 162 Å². The first-order valence-corrected chi connectivity index (χ1v) is 8.85. The number of nitrogens with one attached hydrogen (secondary N) is 1. The maximum Gasteiger partial charge on any atom is 0.0703 e. The molecule has 25 heavy (non-hydrogen) atoms. The number of anilines is 1. The van der Waals surface area contributed by atoms with Crippen LogP contribution < -0.4 is 5.32 Å². The van der Waals surface area contributed by atoms with E-state index < -0.39 is 0 Å². The van der Waals surface area contributed by atoms with Crippen LogP contribution in [0.25, 0.3) is 11.3 Å². The summed E-state index contributed by atoms with van der Waals surface area (Å²) in [7, 11) is 0. The lowest BCUT2D eigenvalue weighted by molar-refractivity contribution is -0.0269. The molecule has 4 fully saturated rings. The largest absolute Gasteiger partial charge is 0.380 e. The normalized spacial score (nSPS) is 31.8. The molecule has 2 atom stereocenters. The summed E-state index contributed by atoms with van der Waals surface area (Å²) in [4.78, 5) is 7.34. The summed E-state index contributed by atoms with van der Waals surface area (Å²) >= 11 is 0. The summed E-state index contributed by atoms with van der Waals surface area (Å²) in [6, 6.07) is 15.4. The van der Waals surface area contributed by atoms with Gasteiger partial charge in [-0.3, -0.25) is 4.98 Å². The highest BCUT2D eigenvalue weighted by Crippen LogP contribution is 2.44. The van der Waals surface area contributed by atoms with Crippen LogP contribution in [0.4, 0.5) is 5.69 Å². The maximum atomic E-state index is 4.66. The summed E-state index contributed by atoms with van der Waals surface area (Å²) < 4.78 is 0. The number of aromatic nitrogens is 1. The first-order valence-electron chi connectivity index (χ1n) is 8.85. The lowest BCUT2D eigenvalue weighted by Crippen LogP contribution is -2.62. The molecule has 1 aromatic heterocycles. The molecule has 4 bridgehead atoms. The highest BCUT2D eigenvalue weighted by molar-refractivity contribution is 5.85. The van der Waals surface area contributed by atoms with Crippen molar-refractivity contribution in [3.05, 3.63) is 48.7 Å². The van der Waals surface area contributed by atoms with Crippen molar-refractivity contribution in [2.75, 3.05) is 25.0 Å². The molecule has 0 amide bonds. The molecule has 3 nitrogen and oxygen atoms in total. The molecule has 5 heteroatoms. The zero-order chi connectivity index (χ0) is 15.2. The van der Waals surface area contributed by atoms with Crippen LogP contribution in [0.15, 0.2) is 48.7 Å². The molecule has 1 saturated carbocycles. The first kappa shape index (κ1) is 18.5. The van der Waals surface area contributed by atoms with E-state index in [1.54, 1.807) is 0 Å². The minimum Gasteiger partial charge on any atom is -0.380 e. The van der Waals surface area contributed by atoms with Crippen LogP contribution in [0.2, 0.25) is 0 Å². The van der Waals surface area contributed by atoms with Crippen molar-refractivity contribution in [2.45, 2.75) is 18.9 Å². The van der Waals surface area contributed by atoms with Crippen LogP contribution in [-0.4, -0.2) is 35.6 Å². The van der Waals surface area contributed by atoms with E-state index in [2.05, 4.69) is 51.6 Å². The maximum absolute atomic E-state index is 4.66. The average molecular weight is 378 g/mol. The van der Waals surface area contributed by atoms with Gasteiger partial charge in [-0.05, 0) is 42.7 Å². The Morgan fingerprint density at radius 3 is 2.20 bits per heavy atom. The zero-order valence-corrected chi connectivity index (χ0v) is 15.8. The van der Waals surface area contributed by atoms with Gasteiger partial charge in [-0.1, -0.05) is 30.3 Å². The van der Waals surface area contributed by atoms with E-state index in [1.807, 2.05) is 12.3 Å². The van der Waals surface area contributed by atoms with E-state index in [0.717, 1.165) is 23.4 Å². The van der Waals surface area contributed by atoms with E-state index in [4.69, 9.17) is 0 Å². The Kier molecular flexibility index (Phi) is 5.57. The molecule has 0 radical (unpaired) electrons. The number of piperidine rings is 3. The van der Waals surface area contributed by atoms with Crippen LogP contribution in [0.3, 0.4) is 0 Å². The van der Waals surface area contributed by atoms with E-state index in [9.17, 15) is 0 Å². The van der Waals surface area contributed by atoms with Crippen molar-refractivity contribution in [3.8, 4) is 11.3 Å². The minimum atomic E-state index is 0. The summed E-state index contributed by atoms with van der Waals surface area (Å²) in [5.74, 6) is 2.62. The van der Waals surface area contributed by atoms with Gasteiger partial charge in [0.1, 0.15) is 0 Å². The smallest absolute Gasteiger partial charge is 0.0703 e. The topological polar surface area (TPSA) is 28.2 Å². The molecule has 2 unspecified atom stereocenters. The van der Waals surface area contributed by atoms with Gasteiger partial charge in [0.05, 0.1) is 17.6 Å². The fraction of sp³-hybridized carbons (Fsp3) is 0.450. The van der Waals surface area contributed by atoms with Crippen LogP contribution in [0.5, 0.6) is 0 Å². The fourth-order valence-corrected chi connectivity index (χ4v) is 5.10. The van der Waals surface area contributed by atoms with Gasteiger partial charge in [-0.25, -0.2) is 0 Å². The molecular weight excluding hydrogens is 353 g/mol. The van der Waals surface area contributed by atoms with Crippen molar-refractivity contribution >= 4 is 30.5 Å². The van der Waals surface area contributed by atoms with Crippen LogP contribution >= 0.6 is 24.8 Å². The van der Waals surface area contributed by atoms with Gasteiger partial charge in [0.2, 0.25) is 0 Å². The van der Waals surface area contributed by atoms with Crippen molar-refractivity contribution in [1.82, 2.24) is 9.88 Å². The number of halogens is 2. The quantitative estimate of drug-likeness (QED) is 0.861. The summed E-state index contributed by atoms with van der Waals surface area (Å²) in [5, 5.41) is 3.81. The predicted molar refractivity (Wildman–Crippen MR) is 108 cm³/mol. The van der Waals surface area contributed by atoms with Gasteiger partial charge in [0.25, 0.3) is 0 Å². The molecule has 0 spiro atoms. The molecule has 1 aromatic carbocycles. The molecule has 134 valence electrons. The number of hydrogen-bond acceptors (Lipinski definition) is 3. The monoisotopic (exact) mass is 377 g/mol. The standard InChI is InChI=1S/C20H23N3.2ClH/c1-2-4-15(5-3-1)19-7-6-18(10-21-19)22-20-16-8-14-9-17(20)13-23(11-14)12-16;;/h1-7,10,14,16-17,20,22H,8-9,11-13H2;2*1H. The SMILES string of the molecule is Cl.Cl.c1ccc(-c2ccc(NC3C4CC5CC3CN(C5)C4)cn2)cc1. The van der Waals surface area contributed by atoms with Crippen molar-refractivity contribution in [1.29, 1.82) is 0 Å². The first-order chi connectivity index (χ1) is 11.3. The van der Waals surface area contributed by atoms with Gasteiger partial charge in [-0.2, -0.15) is 0 Å². The molecule has 6 rings (SSSR count). The van der Waals surface area contributed by atoms with E-state index in [-0.39, 0.29) is 24.8 Å². The molecule has 4 aliphatic rings. The molecule has 2 aromatic rings. The Bertz CT molecular complexity index is 662. The van der Waals surface area contributed by atoms with Gasteiger partial charge in [-0.15, -0.1) is 24.8 Å². The van der Waals surface area contributed by atoms with Crippen molar-refractivity contribution in [2.24, 2.45) is 17.8 Å². The number of hydrogen-bond donors (Lipinski definition) is 1. The Hall–Kier alpha value is -1.29. The van der Waals surface area contributed by atoms with Gasteiger partial charge in [0.15, 0.2) is 0 Å². The Morgan fingerprint density at radius 2 is 1.60 bits per heavy atom. The molecule has 1 N–H and O–H groups in total. The third-order valence-electron chi connectivity index (χ3n) is 5.96. The second-order valence-electron chi connectivity index (χ2n) is 7.54. The van der Waals surface area contributed by atoms with Gasteiger partial charge < -0.3 is 10.2 Å². The number of benzene rings is 1. The van der Waals surface area contributed by atoms with Crippen LogP contribution in [0.1, 0.15) is 12.8 Å². The third-order valence-corrected chi connectivity index (χ3v) is 5.96. The van der Waals surface area contributed by atoms with Crippen molar-refractivity contribution in [3.63, 3.8) is 0 Å². The summed E-state index contributed by atoms with van der Waals surface area (Å²) in [5.41, 5.74) is 3.41. The van der Waals surface area contributed by atoms with E-state index in [0.29, 0.717) is 6.04 Å². The van der Waals surface area contributed by atoms with Gasteiger partial charge in [0, 0.05) is 31.2 Å². The fourth-order valence-electron chi connectivity index (χ4n) is 5.10. The van der Waals surface area contributed by atoms with Gasteiger partial charge >= 0.3 is 0 Å². The highest BCUT2D eigenvalue weighted by Gasteiger charge is 2.47. The summed E-state index contributed by atoms with van der Waals surface area (Å²) in [6.45, 7) is 3.94. The average Bonchev–Trinajstić information content (AvgIpc) is 2.59. The van der Waals surface area contributed by atoms with E-state index >= 15 is 0 Å². The van der Waals surface area contributed by atoms with Crippen molar-refractivity contribution < 1.29 is 0 Å². The van der Waals surface area contributed by atoms with Crippen LogP contribution in [-0.2, 0) is 0 Å². The second-order valence-corrected chi connectivity index (χ2v) is 7.54. The number of rotatable bonds is 3. The molecular formula is C20H25Cl2N3. The Balaban J connectivity index is 0.000000911.